The first-order chi connectivity index (χ1) is 14.4. The summed E-state index contributed by atoms with van der Waals surface area (Å²) in [4.78, 5) is 26.6. The number of nitrogens with zero attached hydrogens (tertiary/aromatic N) is 1. The molecule has 152 valence electrons. The Morgan fingerprint density at radius 1 is 1.13 bits per heavy atom. The van der Waals surface area contributed by atoms with Gasteiger partial charge in [0.25, 0.3) is 5.91 Å². The van der Waals surface area contributed by atoms with E-state index in [4.69, 9.17) is 11.6 Å². The maximum atomic E-state index is 14.1. The maximum absolute atomic E-state index is 14.1. The minimum atomic E-state index is -0.347. The van der Waals surface area contributed by atoms with E-state index in [0.717, 1.165) is 5.56 Å². The van der Waals surface area contributed by atoms with Crippen molar-refractivity contribution in [2.24, 2.45) is 0 Å². The first kappa shape index (κ1) is 20.4. The zero-order valence-corrected chi connectivity index (χ0v) is 17.6. The Balaban J connectivity index is 1.59. The molecule has 1 fully saturated rings. The number of amides is 2. The summed E-state index contributed by atoms with van der Waals surface area (Å²) in [5.41, 5.74) is 3.00. The number of aryl methyl sites for hydroxylation is 1. The lowest BCUT2D eigenvalue weighted by atomic mass is 10.1. The fourth-order valence-corrected chi connectivity index (χ4v) is 4.55. The van der Waals surface area contributed by atoms with Crippen LogP contribution in [0.2, 0.25) is 5.02 Å². The number of hydrogen-bond donors (Lipinski definition) is 1. The highest BCUT2D eigenvalue weighted by Gasteiger charge is 2.34. The third kappa shape index (κ3) is 4.20. The first-order valence-corrected chi connectivity index (χ1v) is 10.7. The van der Waals surface area contributed by atoms with Crippen LogP contribution in [0.4, 0.5) is 15.8 Å². The molecule has 3 aromatic rings. The first-order valence-electron chi connectivity index (χ1n) is 9.29. The molecule has 1 aliphatic rings. The normalized spacial score (nSPS) is 16.0. The maximum Gasteiger partial charge on any atom is 0.255 e. The number of rotatable bonds is 4. The number of nitrogens with one attached hydrogen (secondary N) is 1. The van der Waals surface area contributed by atoms with Gasteiger partial charge in [0.05, 0.1) is 5.75 Å². The lowest BCUT2D eigenvalue weighted by Gasteiger charge is -2.25. The summed E-state index contributed by atoms with van der Waals surface area (Å²) in [5.74, 6) is -0.373. The highest BCUT2D eigenvalue weighted by atomic mass is 35.5. The SMILES string of the molecule is Cc1ccc(N2C(=O)CS[C@@H]2c2cccc(NC(=O)c3ccc(Cl)cc3)c2)cc1F. The van der Waals surface area contributed by atoms with Gasteiger partial charge in [0.15, 0.2) is 0 Å². The van der Waals surface area contributed by atoms with Crippen molar-refractivity contribution in [3.8, 4) is 0 Å². The van der Waals surface area contributed by atoms with Crippen molar-refractivity contribution in [2.75, 3.05) is 16.0 Å². The Hall–Kier alpha value is -2.83. The van der Waals surface area contributed by atoms with Gasteiger partial charge in [0.2, 0.25) is 5.91 Å². The molecule has 1 atom stereocenters. The van der Waals surface area contributed by atoms with Crippen molar-refractivity contribution in [2.45, 2.75) is 12.3 Å². The van der Waals surface area contributed by atoms with E-state index in [1.54, 1.807) is 54.3 Å². The average molecular weight is 441 g/mol. The Bertz CT molecular complexity index is 1120. The number of benzene rings is 3. The highest BCUT2D eigenvalue weighted by molar-refractivity contribution is 8.00. The Kier molecular flexibility index (Phi) is 5.79. The summed E-state index contributed by atoms with van der Waals surface area (Å²) in [6.07, 6.45) is 0. The molecule has 0 bridgehead atoms. The van der Waals surface area contributed by atoms with Gasteiger partial charge in [-0.1, -0.05) is 29.8 Å². The van der Waals surface area contributed by atoms with Gasteiger partial charge in [-0.3, -0.25) is 14.5 Å². The molecular weight excluding hydrogens is 423 g/mol. The highest BCUT2D eigenvalue weighted by Crippen LogP contribution is 2.42. The zero-order chi connectivity index (χ0) is 21.3. The molecular formula is C23H18ClFN2O2S. The quantitative estimate of drug-likeness (QED) is 0.556. The van der Waals surface area contributed by atoms with Crippen molar-refractivity contribution < 1.29 is 14.0 Å². The molecule has 0 aromatic heterocycles. The van der Waals surface area contributed by atoms with Crippen LogP contribution in [0.15, 0.2) is 66.7 Å². The fraction of sp³-hybridized carbons (Fsp3) is 0.130. The van der Waals surface area contributed by atoms with Crippen LogP contribution >= 0.6 is 23.4 Å². The van der Waals surface area contributed by atoms with Gasteiger partial charge in [-0.2, -0.15) is 0 Å². The monoisotopic (exact) mass is 440 g/mol. The third-order valence-corrected chi connectivity index (χ3v) is 6.30. The van der Waals surface area contributed by atoms with Crippen LogP contribution < -0.4 is 10.2 Å². The third-order valence-electron chi connectivity index (χ3n) is 4.84. The van der Waals surface area contributed by atoms with Gasteiger partial charge in [-0.25, -0.2) is 4.39 Å². The minimum absolute atomic E-state index is 0.0798. The van der Waals surface area contributed by atoms with Gasteiger partial charge < -0.3 is 5.32 Å². The number of carbonyl (C=O) groups excluding carboxylic acids is 2. The summed E-state index contributed by atoms with van der Waals surface area (Å²) in [6, 6.07) is 18.8. The molecule has 0 unspecified atom stereocenters. The van der Waals surface area contributed by atoms with E-state index < -0.39 is 0 Å². The standard InChI is InChI=1S/C23H18ClFN2O2S/c1-14-5-10-19(12-20(14)25)27-21(28)13-30-23(27)16-3-2-4-18(11-16)26-22(29)15-6-8-17(24)9-7-15/h2-12,23H,13H2,1H3,(H,26,29)/t23-/m1/s1. The molecule has 3 aromatic carbocycles. The Morgan fingerprint density at radius 2 is 1.90 bits per heavy atom. The topological polar surface area (TPSA) is 49.4 Å². The van der Waals surface area contributed by atoms with E-state index in [1.807, 2.05) is 18.2 Å². The van der Waals surface area contributed by atoms with E-state index in [1.165, 1.54) is 17.8 Å². The summed E-state index contributed by atoms with van der Waals surface area (Å²) in [7, 11) is 0. The van der Waals surface area contributed by atoms with E-state index in [0.29, 0.717) is 33.3 Å². The lowest BCUT2D eigenvalue weighted by Crippen LogP contribution is -2.28. The lowest BCUT2D eigenvalue weighted by molar-refractivity contribution is -0.115. The molecule has 0 spiro atoms. The van der Waals surface area contributed by atoms with Crippen molar-refractivity contribution in [3.05, 3.63) is 94.3 Å². The molecule has 1 saturated heterocycles. The molecule has 4 nitrogen and oxygen atoms in total. The van der Waals surface area contributed by atoms with Crippen molar-refractivity contribution in [3.63, 3.8) is 0 Å². The van der Waals surface area contributed by atoms with E-state index in [-0.39, 0.29) is 23.0 Å². The van der Waals surface area contributed by atoms with E-state index >= 15 is 0 Å². The van der Waals surface area contributed by atoms with Crippen molar-refractivity contribution in [1.82, 2.24) is 0 Å². The van der Waals surface area contributed by atoms with Crippen LogP contribution in [0, 0.1) is 12.7 Å². The van der Waals surface area contributed by atoms with Crippen LogP contribution in [-0.4, -0.2) is 17.6 Å². The summed E-state index contributed by atoms with van der Waals surface area (Å²) < 4.78 is 14.1. The second-order valence-electron chi connectivity index (χ2n) is 6.95. The van der Waals surface area contributed by atoms with Gasteiger partial charge in [-0.15, -0.1) is 11.8 Å². The van der Waals surface area contributed by atoms with Gasteiger partial charge in [0, 0.05) is 22.0 Å². The van der Waals surface area contributed by atoms with Crippen LogP contribution in [0.1, 0.15) is 26.9 Å². The molecule has 0 radical (unpaired) electrons. The molecule has 7 heteroatoms. The molecule has 2 amide bonds. The summed E-state index contributed by atoms with van der Waals surface area (Å²) in [5, 5.41) is 3.13. The van der Waals surface area contributed by atoms with Crippen molar-refractivity contribution in [1.29, 1.82) is 0 Å². The van der Waals surface area contributed by atoms with Crippen LogP contribution in [0.25, 0.3) is 0 Å². The zero-order valence-electron chi connectivity index (χ0n) is 16.1. The molecule has 1 aliphatic heterocycles. The fourth-order valence-electron chi connectivity index (χ4n) is 3.26. The van der Waals surface area contributed by atoms with Crippen molar-refractivity contribution >= 4 is 46.6 Å². The average Bonchev–Trinajstić information content (AvgIpc) is 3.12. The molecule has 1 heterocycles. The molecule has 0 saturated carbocycles. The number of carbonyl (C=O) groups is 2. The summed E-state index contributed by atoms with van der Waals surface area (Å²) in [6.45, 7) is 1.68. The number of hydrogen-bond acceptors (Lipinski definition) is 3. The molecule has 1 N–H and O–H groups in total. The van der Waals surface area contributed by atoms with Crippen LogP contribution in [0.5, 0.6) is 0 Å². The van der Waals surface area contributed by atoms with Gasteiger partial charge in [-0.05, 0) is 66.6 Å². The Labute approximate surface area is 183 Å². The van der Waals surface area contributed by atoms with E-state index in [9.17, 15) is 14.0 Å². The summed E-state index contributed by atoms with van der Waals surface area (Å²) >= 11 is 7.34. The predicted octanol–water partition coefficient (Wildman–Crippen LogP) is 5.82. The second-order valence-corrected chi connectivity index (χ2v) is 8.45. The molecule has 4 rings (SSSR count). The number of thioether (sulfide) groups is 1. The Morgan fingerprint density at radius 3 is 2.63 bits per heavy atom. The second kappa shape index (κ2) is 8.50. The number of anilines is 2. The number of halogens is 2. The minimum Gasteiger partial charge on any atom is -0.322 e. The van der Waals surface area contributed by atoms with Crippen LogP contribution in [0.3, 0.4) is 0 Å². The largest absolute Gasteiger partial charge is 0.322 e. The molecule has 30 heavy (non-hydrogen) atoms. The smallest absolute Gasteiger partial charge is 0.255 e. The van der Waals surface area contributed by atoms with Gasteiger partial charge in [0.1, 0.15) is 11.2 Å². The van der Waals surface area contributed by atoms with Gasteiger partial charge >= 0.3 is 0 Å². The molecule has 0 aliphatic carbocycles. The van der Waals surface area contributed by atoms with Crippen LogP contribution in [-0.2, 0) is 4.79 Å². The predicted molar refractivity (Wildman–Crippen MR) is 120 cm³/mol. The van der Waals surface area contributed by atoms with E-state index in [2.05, 4.69) is 5.32 Å².